The number of hydrogen-bond acceptors (Lipinski definition) is 5. The molecule has 2 aliphatic heterocycles. The molecule has 0 radical (unpaired) electrons. The molecule has 0 aromatic rings. The van der Waals surface area contributed by atoms with Gasteiger partial charge in [0, 0.05) is 51.4 Å². The van der Waals surface area contributed by atoms with E-state index in [0.717, 1.165) is 52.5 Å². The Balaban J connectivity index is 1.81. The fraction of sp³-hybridized carbons (Fsp3) is 0.929. The first-order valence-corrected chi connectivity index (χ1v) is 7.44. The Hall–Kier alpha value is -0.670. The molecule has 0 saturated carbocycles. The lowest BCUT2D eigenvalue weighted by molar-refractivity contribution is 0.0314. The van der Waals surface area contributed by atoms with Crippen molar-refractivity contribution in [1.29, 1.82) is 5.26 Å². The summed E-state index contributed by atoms with van der Waals surface area (Å²) in [7, 11) is 0. The second-order valence-electron chi connectivity index (χ2n) is 5.60. The second kappa shape index (κ2) is 7.81. The van der Waals surface area contributed by atoms with Gasteiger partial charge in [-0.25, -0.2) is 0 Å². The van der Waals surface area contributed by atoms with Gasteiger partial charge in [0.25, 0.3) is 0 Å². The summed E-state index contributed by atoms with van der Waals surface area (Å²) in [6.45, 7) is 10.3. The van der Waals surface area contributed by atoms with E-state index in [4.69, 9.17) is 10.00 Å². The standard InChI is InChI=1S/C14H26N4O/c1-13-3-5-18(14(2-4-15)12-16-13)7-6-17-8-10-19-11-9-17/h13-14,16H,2-3,5-12H2,1H3. The zero-order valence-electron chi connectivity index (χ0n) is 12.0. The van der Waals surface area contributed by atoms with Crippen molar-refractivity contribution in [2.75, 3.05) is 52.5 Å². The predicted molar refractivity (Wildman–Crippen MR) is 74.9 cm³/mol. The van der Waals surface area contributed by atoms with Crippen LogP contribution >= 0.6 is 0 Å². The van der Waals surface area contributed by atoms with Gasteiger partial charge in [-0.1, -0.05) is 0 Å². The Labute approximate surface area is 116 Å². The lowest BCUT2D eigenvalue weighted by atomic mass is 10.2. The van der Waals surface area contributed by atoms with Gasteiger partial charge in [-0.3, -0.25) is 9.80 Å². The van der Waals surface area contributed by atoms with Gasteiger partial charge in [0.05, 0.1) is 25.7 Å². The maximum Gasteiger partial charge on any atom is 0.0638 e. The first-order chi connectivity index (χ1) is 9.29. The van der Waals surface area contributed by atoms with E-state index in [0.29, 0.717) is 18.5 Å². The normalized spacial score (nSPS) is 30.7. The fourth-order valence-electron chi connectivity index (χ4n) is 2.81. The smallest absolute Gasteiger partial charge is 0.0638 e. The zero-order chi connectivity index (χ0) is 13.5. The molecule has 1 N–H and O–H groups in total. The summed E-state index contributed by atoms with van der Waals surface area (Å²) in [6, 6.07) is 3.27. The molecule has 108 valence electrons. The van der Waals surface area contributed by atoms with E-state index in [-0.39, 0.29) is 0 Å². The van der Waals surface area contributed by atoms with Crippen molar-refractivity contribution in [3.8, 4) is 6.07 Å². The minimum Gasteiger partial charge on any atom is -0.379 e. The molecule has 0 bridgehead atoms. The number of ether oxygens (including phenoxy) is 1. The minimum atomic E-state index is 0.371. The monoisotopic (exact) mass is 266 g/mol. The average molecular weight is 266 g/mol. The Morgan fingerprint density at radius 2 is 2.05 bits per heavy atom. The lowest BCUT2D eigenvalue weighted by Gasteiger charge is -2.32. The average Bonchev–Trinajstić information content (AvgIpc) is 2.61. The summed E-state index contributed by atoms with van der Waals surface area (Å²) in [4.78, 5) is 4.96. The number of nitrogens with zero attached hydrogens (tertiary/aromatic N) is 3. The van der Waals surface area contributed by atoms with E-state index in [2.05, 4.69) is 28.1 Å². The van der Waals surface area contributed by atoms with Crippen LogP contribution in [0.2, 0.25) is 0 Å². The zero-order valence-corrected chi connectivity index (χ0v) is 12.0. The second-order valence-corrected chi connectivity index (χ2v) is 5.60. The number of nitriles is 1. The van der Waals surface area contributed by atoms with Gasteiger partial charge < -0.3 is 10.1 Å². The maximum absolute atomic E-state index is 8.98. The van der Waals surface area contributed by atoms with Gasteiger partial charge >= 0.3 is 0 Å². The summed E-state index contributed by atoms with van der Waals surface area (Å²) < 4.78 is 5.38. The largest absolute Gasteiger partial charge is 0.379 e. The van der Waals surface area contributed by atoms with Crippen LogP contribution in [-0.4, -0.2) is 74.4 Å². The van der Waals surface area contributed by atoms with Crippen molar-refractivity contribution in [3.63, 3.8) is 0 Å². The van der Waals surface area contributed by atoms with Gasteiger partial charge in [-0.15, -0.1) is 0 Å². The third-order valence-electron chi connectivity index (χ3n) is 4.20. The number of nitrogens with one attached hydrogen (secondary N) is 1. The van der Waals surface area contributed by atoms with Crippen molar-refractivity contribution >= 4 is 0 Å². The Bertz CT molecular complexity index is 298. The van der Waals surface area contributed by atoms with Gasteiger partial charge in [0.15, 0.2) is 0 Å². The highest BCUT2D eigenvalue weighted by atomic mass is 16.5. The molecular weight excluding hydrogens is 240 g/mol. The number of hydrogen-bond donors (Lipinski definition) is 1. The van der Waals surface area contributed by atoms with Crippen LogP contribution in [0.15, 0.2) is 0 Å². The molecule has 2 fully saturated rings. The van der Waals surface area contributed by atoms with Crippen molar-refractivity contribution < 1.29 is 4.74 Å². The number of morpholine rings is 1. The molecule has 2 atom stereocenters. The Morgan fingerprint density at radius 1 is 1.26 bits per heavy atom. The van der Waals surface area contributed by atoms with Crippen molar-refractivity contribution in [2.45, 2.75) is 31.8 Å². The van der Waals surface area contributed by atoms with E-state index in [1.54, 1.807) is 0 Å². The third-order valence-corrected chi connectivity index (χ3v) is 4.20. The number of rotatable bonds is 4. The molecule has 19 heavy (non-hydrogen) atoms. The maximum atomic E-state index is 8.98. The van der Waals surface area contributed by atoms with Crippen LogP contribution in [0.4, 0.5) is 0 Å². The van der Waals surface area contributed by atoms with E-state index < -0.39 is 0 Å². The highest BCUT2D eigenvalue weighted by Gasteiger charge is 2.23. The first-order valence-electron chi connectivity index (χ1n) is 7.44. The van der Waals surface area contributed by atoms with Gasteiger partial charge in [0.2, 0.25) is 0 Å². The molecule has 0 aliphatic carbocycles. The van der Waals surface area contributed by atoms with Crippen LogP contribution < -0.4 is 5.32 Å². The highest BCUT2D eigenvalue weighted by molar-refractivity contribution is 4.88. The van der Waals surface area contributed by atoms with E-state index in [1.807, 2.05) is 0 Å². The molecule has 0 amide bonds. The van der Waals surface area contributed by atoms with Crippen molar-refractivity contribution in [1.82, 2.24) is 15.1 Å². The highest BCUT2D eigenvalue weighted by Crippen LogP contribution is 2.11. The first kappa shape index (κ1) is 14.7. The summed E-state index contributed by atoms with van der Waals surface area (Å²) in [5.41, 5.74) is 0. The molecule has 2 saturated heterocycles. The predicted octanol–water partition coefficient (Wildman–Crippen LogP) is 0.285. The van der Waals surface area contributed by atoms with Crippen LogP contribution in [-0.2, 0) is 4.74 Å². The molecule has 2 unspecified atom stereocenters. The molecule has 5 nitrogen and oxygen atoms in total. The topological polar surface area (TPSA) is 51.5 Å². The molecule has 2 aliphatic rings. The summed E-state index contributed by atoms with van der Waals surface area (Å²) in [6.07, 6.45) is 1.80. The van der Waals surface area contributed by atoms with Crippen molar-refractivity contribution in [3.05, 3.63) is 0 Å². The lowest BCUT2D eigenvalue weighted by Crippen LogP contribution is -2.46. The quantitative estimate of drug-likeness (QED) is 0.792. The molecule has 0 aromatic heterocycles. The van der Waals surface area contributed by atoms with Gasteiger partial charge in [-0.2, -0.15) is 5.26 Å². The Morgan fingerprint density at radius 3 is 2.79 bits per heavy atom. The van der Waals surface area contributed by atoms with Gasteiger partial charge in [-0.05, 0) is 13.3 Å². The molecule has 5 heteroatoms. The summed E-state index contributed by atoms with van der Waals surface area (Å²) >= 11 is 0. The van der Waals surface area contributed by atoms with Gasteiger partial charge in [0.1, 0.15) is 0 Å². The van der Waals surface area contributed by atoms with Crippen LogP contribution in [0.25, 0.3) is 0 Å². The molecule has 0 spiro atoms. The van der Waals surface area contributed by atoms with Crippen LogP contribution in [0.5, 0.6) is 0 Å². The van der Waals surface area contributed by atoms with E-state index in [9.17, 15) is 0 Å². The van der Waals surface area contributed by atoms with Crippen LogP contribution in [0.3, 0.4) is 0 Å². The van der Waals surface area contributed by atoms with Crippen LogP contribution in [0.1, 0.15) is 19.8 Å². The Kier molecular flexibility index (Phi) is 6.05. The molecule has 2 rings (SSSR count). The fourth-order valence-corrected chi connectivity index (χ4v) is 2.81. The molecule has 0 aromatic carbocycles. The molecule has 2 heterocycles. The SMILES string of the molecule is CC1CCN(CCN2CCOCC2)C(CC#N)CN1. The third kappa shape index (κ3) is 4.73. The minimum absolute atomic E-state index is 0.371. The van der Waals surface area contributed by atoms with Crippen molar-refractivity contribution in [2.24, 2.45) is 0 Å². The summed E-state index contributed by atoms with van der Waals surface area (Å²) in [5.74, 6) is 0. The molecular formula is C14H26N4O. The van der Waals surface area contributed by atoms with E-state index >= 15 is 0 Å². The summed E-state index contributed by atoms with van der Waals surface area (Å²) in [5, 5.41) is 12.5. The van der Waals surface area contributed by atoms with E-state index in [1.165, 1.54) is 6.42 Å². The van der Waals surface area contributed by atoms with Crippen LogP contribution in [0, 0.1) is 11.3 Å².